The molecule has 2 aromatic carbocycles. The Kier molecular flexibility index (Phi) is 2.78. The first-order chi connectivity index (χ1) is 9.47. The lowest BCUT2D eigenvalue weighted by molar-refractivity contribution is 0.569. The highest BCUT2D eigenvalue weighted by atomic mass is 19.1. The monoisotopic (exact) mass is 276 g/mol. The van der Waals surface area contributed by atoms with Crippen LogP contribution in [0.2, 0.25) is 0 Å². The Balaban J connectivity index is 2.32. The van der Waals surface area contributed by atoms with Gasteiger partial charge in [-0.2, -0.15) is 5.10 Å². The van der Waals surface area contributed by atoms with Crippen LogP contribution in [0, 0.1) is 24.4 Å². The molecule has 0 unspecified atom stereocenters. The smallest absolute Gasteiger partial charge is 0.151 e. The maximum Gasteiger partial charge on any atom is 0.151 e. The second kappa shape index (κ2) is 4.37. The van der Waals surface area contributed by atoms with Gasteiger partial charge in [0, 0.05) is 24.2 Å². The van der Waals surface area contributed by atoms with Crippen molar-refractivity contribution in [3.8, 4) is 11.1 Å². The third kappa shape index (κ3) is 1.86. The van der Waals surface area contributed by atoms with Crippen molar-refractivity contribution in [3.63, 3.8) is 0 Å². The maximum absolute atomic E-state index is 13.7. The summed E-state index contributed by atoms with van der Waals surface area (Å²) in [6.45, 7) is 1.37. The van der Waals surface area contributed by atoms with E-state index in [0.29, 0.717) is 16.5 Å². The van der Waals surface area contributed by atoms with Crippen LogP contribution in [0.4, 0.5) is 13.2 Å². The van der Waals surface area contributed by atoms with E-state index in [-0.39, 0.29) is 11.1 Å². The van der Waals surface area contributed by atoms with E-state index in [1.165, 1.54) is 35.9 Å². The van der Waals surface area contributed by atoms with E-state index in [4.69, 9.17) is 0 Å². The van der Waals surface area contributed by atoms with Crippen LogP contribution in [0.5, 0.6) is 0 Å². The number of fused-ring (bicyclic) bond motifs is 1. The largest absolute Gasteiger partial charge is 0.274 e. The summed E-state index contributed by atoms with van der Waals surface area (Å²) in [5.74, 6) is -1.71. The summed E-state index contributed by atoms with van der Waals surface area (Å²) in [6, 6.07) is 5.25. The van der Waals surface area contributed by atoms with Gasteiger partial charge in [-0.05, 0) is 36.2 Å². The maximum atomic E-state index is 13.7. The molecule has 0 aliphatic rings. The summed E-state index contributed by atoms with van der Waals surface area (Å²) >= 11 is 0. The summed E-state index contributed by atoms with van der Waals surface area (Å²) in [6.07, 6.45) is 1.63. The molecule has 0 saturated heterocycles. The van der Waals surface area contributed by atoms with Gasteiger partial charge in [-0.25, -0.2) is 13.2 Å². The Morgan fingerprint density at radius 1 is 1.00 bits per heavy atom. The number of aryl methyl sites for hydroxylation is 1. The van der Waals surface area contributed by atoms with Gasteiger partial charge in [-0.15, -0.1) is 0 Å². The molecule has 0 aliphatic carbocycles. The minimum Gasteiger partial charge on any atom is -0.274 e. The molecular weight excluding hydrogens is 265 g/mol. The van der Waals surface area contributed by atoms with Crippen molar-refractivity contribution < 1.29 is 13.2 Å². The van der Waals surface area contributed by atoms with Crippen LogP contribution >= 0.6 is 0 Å². The lowest BCUT2D eigenvalue weighted by Gasteiger charge is -2.06. The van der Waals surface area contributed by atoms with Gasteiger partial charge < -0.3 is 0 Å². The van der Waals surface area contributed by atoms with Crippen molar-refractivity contribution in [2.45, 2.75) is 6.92 Å². The zero-order valence-electron chi connectivity index (χ0n) is 10.9. The summed E-state index contributed by atoms with van der Waals surface area (Å²) < 4.78 is 42.5. The zero-order valence-corrected chi connectivity index (χ0v) is 10.9. The standard InChI is InChI=1S/C15H11F3N2/c1-8-13(17)5-9(6-14(8)18)10-3-4-12(16)15-11(10)7-20(2)19-15/h3-7H,1-2H3. The van der Waals surface area contributed by atoms with Crippen LogP contribution in [-0.2, 0) is 7.05 Å². The normalized spacial score (nSPS) is 11.2. The van der Waals surface area contributed by atoms with Crippen molar-refractivity contribution in [1.82, 2.24) is 9.78 Å². The van der Waals surface area contributed by atoms with Crippen LogP contribution in [0.25, 0.3) is 22.0 Å². The second-order valence-corrected chi connectivity index (χ2v) is 4.72. The highest BCUT2D eigenvalue weighted by Gasteiger charge is 2.14. The summed E-state index contributed by atoms with van der Waals surface area (Å²) in [5.41, 5.74) is 1.07. The molecule has 1 aromatic heterocycles. The fourth-order valence-corrected chi connectivity index (χ4v) is 2.24. The highest BCUT2D eigenvalue weighted by molar-refractivity contribution is 5.94. The van der Waals surface area contributed by atoms with Gasteiger partial charge in [0.2, 0.25) is 0 Å². The molecule has 3 rings (SSSR count). The van der Waals surface area contributed by atoms with Crippen LogP contribution in [0.3, 0.4) is 0 Å². The molecule has 0 bridgehead atoms. The molecule has 0 saturated carbocycles. The highest BCUT2D eigenvalue weighted by Crippen LogP contribution is 2.31. The van der Waals surface area contributed by atoms with Crippen LogP contribution in [0.1, 0.15) is 5.56 Å². The van der Waals surface area contributed by atoms with Gasteiger partial charge >= 0.3 is 0 Å². The Labute approximate surface area is 113 Å². The molecule has 0 atom stereocenters. The molecule has 1 heterocycles. The van der Waals surface area contributed by atoms with Crippen LogP contribution < -0.4 is 0 Å². The molecule has 3 aromatic rings. The summed E-state index contributed by atoms with van der Waals surface area (Å²) in [4.78, 5) is 0. The van der Waals surface area contributed by atoms with Crippen molar-refractivity contribution in [2.24, 2.45) is 7.05 Å². The number of aromatic nitrogens is 2. The van der Waals surface area contributed by atoms with Gasteiger partial charge in [-0.3, -0.25) is 4.68 Å². The second-order valence-electron chi connectivity index (χ2n) is 4.72. The van der Waals surface area contributed by atoms with Crippen LogP contribution in [0.15, 0.2) is 30.5 Å². The first kappa shape index (κ1) is 12.7. The Morgan fingerprint density at radius 3 is 2.30 bits per heavy atom. The fraction of sp³-hybridized carbons (Fsp3) is 0.133. The van der Waals surface area contributed by atoms with Crippen molar-refractivity contribution in [1.29, 1.82) is 0 Å². The fourth-order valence-electron chi connectivity index (χ4n) is 2.24. The number of rotatable bonds is 1. The van der Waals surface area contributed by atoms with Crippen molar-refractivity contribution in [3.05, 3.63) is 53.5 Å². The number of hydrogen-bond donors (Lipinski definition) is 0. The van der Waals surface area contributed by atoms with Gasteiger partial charge in [-0.1, -0.05) is 6.07 Å². The molecule has 102 valence electrons. The van der Waals surface area contributed by atoms with Crippen molar-refractivity contribution in [2.75, 3.05) is 0 Å². The van der Waals surface area contributed by atoms with E-state index in [2.05, 4.69) is 5.10 Å². The van der Waals surface area contributed by atoms with Gasteiger partial charge in [0.25, 0.3) is 0 Å². The average molecular weight is 276 g/mol. The molecule has 5 heteroatoms. The third-order valence-corrected chi connectivity index (χ3v) is 3.33. The first-order valence-corrected chi connectivity index (χ1v) is 6.05. The Hall–Kier alpha value is -2.30. The average Bonchev–Trinajstić information content (AvgIpc) is 2.78. The number of halogens is 3. The SMILES string of the molecule is Cc1c(F)cc(-c2ccc(F)c3nn(C)cc23)cc1F. The molecule has 0 fully saturated rings. The van der Waals surface area contributed by atoms with E-state index in [9.17, 15) is 13.2 Å². The topological polar surface area (TPSA) is 17.8 Å². The Morgan fingerprint density at radius 2 is 1.65 bits per heavy atom. The van der Waals surface area contributed by atoms with E-state index in [0.717, 1.165) is 0 Å². The molecule has 0 spiro atoms. The molecule has 0 amide bonds. The van der Waals surface area contributed by atoms with Crippen LogP contribution in [-0.4, -0.2) is 9.78 Å². The summed E-state index contributed by atoms with van der Waals surface area (Å²) in [7, 11) is 1.67. The minimum atomic E-state index is -0.624. The molecule has 20 heavy (non-hydrogen) atoms. The zero-order chi connectivity index (χ0) is 14.4. The van der Waals surface area contributed by atoms with E-state index < -0.39 is 17.5 Å². The third-order valence-electron chi connectivity index (χ3n) is 3.33. The van der Waals surface area contributed by atoms with Crippen molar-refractivity contribution >= 4 is 10.9 Å². The molecular formula is C15H11F3N2. The quantitative estimate of drug-likeness (QED) is 0.657. The number of nitrogens with zero attached hydrogens (tertiary/aromatic N) is 2. The Bertz CT molecular complexity index is 798. The van der Waals surface area contributed by atoms with Gasteiger partial charge in [0.1, 0.15) is 17.2 Å². The van der Waals surface area contributed by atoms with E-state index >= 15 is 0 Å². The van der Waals surface area contributed by atoms with E-state index in [1.807, 2.05) is 0 Å². The molecule has 0 radical (unpaired) electrons. The number of benzene rings is 2. The lowest BCUT2D eigenvalue weighted by Crippen LogP contribution is -1.91. The van der Waals surface area contributed by atoms with E-state index in [1.54, 1.807) is 13.2 Å². The predicted molar refractivity (Wildman–Crippen MR) is 70.8 cm³/mol. The predicted octanol–water partition coefficient (Wildman–Crippen LogP) is 3.97. The molecule has 0 N–H and O–H groups in total. The number of hydrogen-bond acceptors (Lipinski definition) is 1. The minimum absolute atomic E-state index is 0.0294. The first-order valence-electron chi connectivity index (χ1n) is 6.05. The van der Waals surface area contributed by atoms with Gasteiger partial charge in [0.05, 0.1) is 0 Å². The summed E-state index contributed by atoms with van der Waals surface area (Å²) in [5, 5.41) is 4.54. The van der Waals surface area contributed by atoms with Gasteiger partial charge in [0.15, 0.2) is 5.82 Å². The molecule has 2 nitrogen and oxygen atoms in total. The lowest BCUT2D eigenvalue weighted by atomic mass is 10.00. The molecule has 0 aliphatic heterocycles.